The van der Waals surface area contributed by atoms with Crippen molar-refractivity contribution in [1.82, 2.24) is 15.0 Å². The third kappa shape index (κ3) is 3.84. The molecule has 3 aromatic rings. The van der Waals surface area contributed by atoms with Crippen LogP contribution in [0.25, 0.3) is 22.8 Å². The van der Waals surface area contributed by atoms with Crippen molar-refractivity contribution in [2.45, 2.75) is 38.2 Å². The SMILES string of the molecule is Oc1ccccc1-c1nc(OC2CCCCC2)nc(-c2ccccc2O)n1. The molecule has 138 valence electrons. The first-order chi connectivity index (χ1) is 13.2. The van der Waals surface area contributed by atoms with Crippen molar-refractivity contribution >= 4 is 0 Å². The van der Waals surface area contributed by atoms with Crippen LogP contribution in [-0.2, 0) is 0 Å². The lowest BCUT2D eigenvalue weighted by molar-refractivity contribution is 0.142. The predicted molar refractivity (Wildman–Crippen MR) is 102 cm³/mol. The Morgan fingerprint density at radius 3 is 1.74 bits per heavy atom. The van der Waals surface area contributed by atoms with Gasteiger partial charge in [-0.2, -0.15) is 9.97 Å². The summed E-state index contributed by atoms with van der Waals surface area (Å²) in [6, 6.07) is 14.0. The summed E-state index contributed by atoms with van der Waals surface area (Å²) in [5, 5.41) is 20.4. The number of aromatic hydroxyl groups is 2. The van der Waals surface area contributed by atoms with Gasteiger partial charge in [0.05, 0.1) is 11.1 Å². The summed E-state index contributed by atoms with van der Waals surface area (Å²) in [6.07, 6.45) is 5.52. The highest BCUT2D eigenvalue weighted by atomic mass is 16.5. The minimum absolute atomic E-state index is 0.0792. The molecule has 0 amide bonds. The van der Waals surface area contributed by atoms with E-state index in [2.05, 4.69) is 15.0 Å². The van der Waals surface area contributed by atoms with Crippen LogP contribution < -0.4 is 4.74 Å². The zero-order valence-electron chi connectivity index (χ0n) is 14.9. The van der Waals surface area contributed by atoms with Crippen molar-refractivity contribution in [2.75, 3.05) is 0 Å². The molecule has 1 aliphatic rings. The minimum atomic E-state index is 0.0792. The summed E-state index contributed by atoms with van der Waals surface area (Å²) in [5.41, 5.74) is 0.982. The summed E-state index contributed by atoms with van der Waals surface area (Å²) >= 11 is 0. The number of rotatable bonds is 4. The Kier molecular flexibility index (Phi) is 4.87. The van der Waals surface area contributed by atoms with Gasteiger partial charge in [-0.3, -0.25) is 0 Å². The molecule has 2 N–H and O–H groups in total. The van der Waals surface area contributed by atoms with E-state index >= 15 is 0 Å². The number of ether oxygens (including phenoxy) is 1. The van der Waals surface area contributed by atoms with E-state index < -0.39 is 0 Å². The molecule has 27 heavy (non-hydrogen) atoms. The van der Waals surface area contributed by atoms with Crippen LogP contribution in [0, 0.1) is 0 Å². The van der Waals surface area contributed by atoms with E-state index in [1.165, 1.54) is 6.42 Å². The first-order valence-electron chi connectivity index (χ1n) is 9.20. The van der Waals surface area contributed by atoms with Crippen molar-refractivity contribution < 1.29 is 14.9 Å². The fourth-order valence-corrected chi connectivity index (χ4v) is 3.31. The van der Waals surface area contributed by atoms with Crippen LogP contribution in [0.5, 0.6) is 17.5 Å². The largest absolute Gasteiger partial charge is 0.507 e. The highest BCUT2D eigenvalue weighted by Crippen LogP contribution is 2.32. The average Bonchev–Trinajstić information content (AvgIpc) is 2.69. The molecular weight excluding hydrogens is 342 g/mol. The van der Waals surface area contributed by atoms with Crippen molar-refractivity contribution in [2.24, 2.45) is 0 Å². The molecule has 6 heteroatoms. The number of hydrogen-bond donors (Lipinski definition) is 2. The van der Waals surface area contributed by atoms with E-state index in [0.29, 0.717) is 22.8 Å². The second-order valence-corrected chi connectivity index (χ2v) is 6.68. The highest BCUT2D eigenvalue weighted by Gasteiger charge is 2.20. The maximum absolute atomic E-state index is 10.2. The van der Waals surface area contributed by atoms with Crippen LogP contribution in [0.3, 0.4) is 0 Å². The number of hydrogen-bond acceptors (Lipinski definition) is 6. The third-order valence-corrected chi connectivity index (χ3v) is 4.73. The fourth-order valence-electron chi connectivity index (χ4n) is 3.31. The highest BCUT2D eigenvalue weighted by molar-refractivity contribution is 5.68. The fraction of sp³-hybridized carbons (Fsp3) is 0.286. The molecule has 0 bridgehead atoms. The molecule has 0 saturated heterocycles. The summed E-state index contributed by atoms with van der Waals surface area (Å²) in [7, 11) is 0. The van der Waals surface area contributed by atoms with Crippen molar-refractivity contribution in [1.29, 1.82) is 0 Å². The number of phenols is 2. The van der Waals surface area contributed by atoms with E-state index in [1.54, 1.807) is 48.5 Å². The average molecular weight is 363 g/mol. The van der Waals surface area contributed by atoms with Gasteiger partial charge in [0.1, 0.15) is 17.6 Å². The Balaban J connectivity index is 1.78. The first kappa shape index (κ1) is 17.3. The standard InChI is InChI=1S/C21H21N3O3/c25-17-12-6-4-10-15(17)19-22-20(16-11-5-7-13-18(16)26)24-21(23-19)27-14-8-2-1-3-9-14/h4-7,10-14,25-26H,1-3,8-9H2. The lowest BCUT2D eigenvalue weighted by atomic mass is 9.98. The van der Waals surface area contributed by atoms with Crippen LogP contribution in [0.1, 0.15) is 32.1 Å². The first-order valence-corrected chi connectivity index (χ1v) is 9.20. The van der Waals surface area contributed by atoms with Crippen LogP contribution in [0.2, 0.25) is 0 Å². The van der Waals surface area contributed by atoms with Gasteiger partial charge in [-0.15, -0.1) is 0 Å². The predicted octanol–water partition coefficient (Wildman–Crippen LogP) is 4.33. The van der Waals surface area contributed by atoms with E-state index in [4.69, 9.17) is 4.74 Å². The maximum atomic E-state index is 10.2. The molecule has 1 saturated carbocycles. The lowest BCUT2D eigenvalue weighted by Gasteiger charge is -2.22. The van der Waals surface area contributed by atoms with Gasteiger partial charge in [-0.1, -0.05) is 30.7 Å². The van der Waals surface area contributed by atoms with E-state index in [0.717, 1.165) is 25.7 Å². The number of phenolic OH excluding ortho intramolecular Hbond substituents is 2. The van der Waals surface area contributed by atoms with Gasteiger partial charge in [0.2, 0.25) is 0 Å². The molecule has 1 aromatic heterocycles. The number of aromatic nitrogens is 3. The van der Waals surface area contributed by atoms with Crippen molar-refractivity contribution in [3.8, 4) is 40.3 Å². The van der Waals surface area contributed by atoms with E-state index in [-0.39, 0.29) is 23.6 Å². The Bertz CT molecular complexity index is 876. The summed E-state index contributed by atoms with van der Waals surface area (Å²) in [4.78, 5) is 13.3. The lowest BCUT2D eigenvalue weighted by Crippen LogP contribution is -2.21. The molecule has 1 aliphatic carbocycles. The normalized spacial score (nSPS) is 14.8. The molecular formula is C21H21N3O3. The van der Waals surface area contributed by atoms with Gasteiger partial charge in [-0.25, -0.2) is 4.98 Å². The Labute approximate surface area is 157 Å². The number of para-hydroxylation sites is 2. The summed E-state index contributed by atoms with van der Waals surface area (Å²) in [6.45, 7) is 0. The zero-order chi connectivity index (χ0) is 18.6. The van der Waals surface area contributed by atoms with Crippen LogP contribution in [0.4, 0.5) is 0 Å². The molecule has 2 aromatic carbocycles. The molecule has 1 heterocycles. The molecule has 1 fully saturated rings. The molecule has 0 atom stereocenters. The van der Waals surface area contributed by atoms with E-state index in [9.17, 15) is 10.2 Å². The van der Waals surface area contributed by atoms with E-state index in [1.807, 2.05) is 0 Å². The molecule has 0 unspecified atom stereocenters. The maximum Gasteiger partial charge on any atom is 0.320 e. The Hall–Kier alpha value is -3.15. The number of nitrogens with zero attached hydrogens (tertiary/aromatic N) is 3. The second-order valence-electron chi connectivity index (χ2n) is 6.68. The summed E-state index contributed by atoms with van der Waals surface area (Å²) in [5.74, 6) is 0.783. The smallest absolute Gasteiger partial charge is 0.320 e. The van der Waals surface area contributed by atoms with Gasteiger partial charge in [0.25, 0.3) is 0 Å². The topological polar surface area (TPSA) is 88.4 Å². The van der Waals surface area contributed by atoms with Gasteiger partial charge in [0.15, 0.2) is 11.6 Å². The molecule has 6 nitrogen and oxygen atoms in total. The van der Waals surface area contributed by atoms with Crippen LogP contribution in [0.15, 0.2) is 48.5 Å². The van der Waals surface area contributed by atoms with Gasteiger partial charge >= 0.3 is 6.01 Å². The zero-order valence-corrected chi connectivity index (χ0v) is 14.9. The molecule has 0 spiro atoms. The second kappa shape index (κ2) is 7.61. The van der Waals surface area contributed by atoms with Gasteiger partial charge < -0.3 is 14.9 Å². The molecule has 0 radical (unpaired) electrons. The monoisotopic (exact) mass is 363 g/mol. The van der Waals surface area contributed by atoms with Crippen molar-refractivity contribution in [3.05, 3.63) is 48.5 Å². The Morgan fingerprint density at radius 1 is 0.704 bits per heavy atom. The van der Waals surface area contributed by atoms with Crippen molar-refractivity contribution in [3.63, 3.8) is 0 Å². The quantitative estimate of drug-likeness (QED) is 0.717. The van der Waals surface area contributed by atoms with Gasteiger partial charge in [-0.05, 0) is 49.9 Å². The third-order valence-electron chi connectivity index (χ3n) is 4.73. The number of benzene rings is 2. The summed E-state index contributed by atoms with van der Waals surface area (Å²) < 4.78 is 6.03. The molecule has 4 rings (SSSR count). The van der Waals surface area contributed by atoms with Crippen LogP contribution >= 0.6 is 0 Å². The van der Waals surface area contributed by atoms with Crippen LogP contribution in [-0.4, -0.2) is 31.3 Å². The van der Waals surface area contributed by atoms with Gasteiger partial charge in [0, 0.05) is 0 Å². The molecule has 0 aliphatic heterocycles. The Morgan fingerprint density at radius 2 is 1.22 bits per heavy atom. The minimum Gasteiger partial charge on any atom is -0.507 e.